The van der Waals surface area contributed by atoms with Crippen molar-refractivity contribution in [3.63, 3.8) is 0 Å². The molecule has 0 spiro atoms. The summed E-state index contributed by atoms with van der Waals surface area (Å²) < 4.78 is 0. The Kier molecular flexibility index (Phi) is 8.19. The van der Waals surface area contributed by atoms with Gasteiger partial charge in [0.1, 0.15) is 0 Å². The van der Waals surface area contributed by atoms with Crippen molar-refractivity contribution in [1.29, 1.82) is 0 Å². The van der Waals surface area contributed by atoms with Gasteiger partial charge >= 0.3 is 0 Å². The summed E-state index contributed by atoms with van der Waals surface area (Å²) in [5, 5.41) is 0. The molecule has 0 fully saturated rings. The third kappa shape index (κ3) is 4.49. The smallest absolute Gasteiger partial charge is 0 e. The molecule has 0 aliphatic heterocycles. The Morgan fingerprint density at radius 1 is 0.688 bits per heavy atom. The molecule has 2 aromatic rings. The van der Waals surface area contributed by atoms with E-state index in [9.17, 15) is 0 Å². The van der Waals surface area contributed by atoms with Gasteiger partial charge in [0.2, 0.25) is 0 Å². The fourth-order valence-electron chi connectivity index (χ4n) is 1.34. The van der Waals surface area contributed by atoms with E-state index in [0.717, 1.165) is 11.1 Å². The van der Waals surface area contributed by atoms with Gasteiger partial charge < -0.3 is 0 Å². The Balaban J connectivity index is 0.00000112. The van der Waals surface area contributed by atoms with Crippen LogP contribution in [-0.4, -0.2) is 0 Å². The molecule has 0 aliphatic carbocycles. The molecule has 0 unspecified atom stereocenters. The minimum atomic E-state index is 0. The van der Waals surface area contributed by atoms with Gasteiger partial charge in [0.15, 0.2) is 0 Å². The molecule has 0 nitrogen and oxygen atoms in total. The van der Waals surface area contributed by atoms with E-state index in [1.807, 2.05) is 12.1 Å². The van der Waals surface area contributed by atoms with Gasteiger partial charge in [0, 0.05) is 65.4 Å². The quantitative estimate of drug-likeness (QED) is 0.684. The fourth-order valence-corrected chi connectivity index (χ4v) is 1.34. The van der Waals surface area contributed by atoms with Gasteiger partial charge in [0.25, 0.3) is 0 Å². The van der Waals surface area contributed by atoms with E-state index in [0.29, 0.717) is 0 Å². The zero-order valence-electron chi connectivity index (χ0n) is 9.62. The second-order valence-corrected chi connectivity index (χ2v) is 3.56. The normalized spacial score (nSPS) is 8.88. The van der Waals surface area contributed by atoms with Crippen molar-refractivity contribution in [2.75, 3.05) is 0 Å². The molecule has 16 heavy (non-hydrogen) atoms. The second-order valence-electron chi connectivity index (χ2n) is 3.56. The van der Waals surface area contributed by atoms with Crippen LogP contribution >= 0.6 is 0 Å². The van der Waals surface area contributed by atoms with E-state index in [2.05, 4.69) is 50.2 Å². The number of hydrogen-bond donors (Lipinski definition) is 0. The SMILES string of the molecule is Cc1c[c-]c(-c2[c-]cc(C)cc2)cc1.[Y].[Y]. The van der Waals surface area contributed by atoms with Gasteiger partial charge in [-0.25, -0.2) is 11.1 Å². The predicted octanol–water partition coefficient (Wildman–Crippen LogP) is 3.57. The van der Waals surface area contributed by atoms with Crippen LogP contribution in [0.2, 0.25) is 0 Å². The first kappa shape index (κ1) is 16.6. The number of hydrogen-bond acceptors (Lipinski definition) is 0. The first-order chi connectivity index (χ1) is 6.75. The van der Waals surface area contributed by atoms with E-state index in [-0.39, 0.29) is 65.4 Å². The van der Waals surface area contributed by atoms with Crippen LogP contribution in [0.1, 0.15) is 11.1 Å². The first-order valence-corrected chi connectivity index (χ1v) is 4.73. The molecule has 0 saturated carbocycles. The summed E-state index contributed by atoms with van der Waals surface area (Å²) in [6.45, 7) is 4.14. The molecular formula is C14H12Y2-2. The van der Waals surface area contributed by atoms with Crippen molar-refractivity contribution in [3.8, 4) is 11.1 Å². The van der Waals surface area contributed by atoms with E-state index in [1.165, 1.54) is 11.1 Å². The van der Waals surface area contributed by atoms with Gasteiger partial charge in [-0.1, -0.05) is 13.8 Å². The number of benzene rings is 2. The second kappa shape index (κ2) is 7.87. The van der Waals surface area contributed by atoms with Gasteiger partial charge in [-0.3, -0.25) is 0 Å². The topological polar surface area (TPSA) is 0 Å². The molecule has 0 atom stereocenters. The summed E-state index contributed by atoms with van der Waals surface area (Å²) in [6, 6.07) is 18.8. The minimum Gasteiger partial charge on any atom is -0.226 e. The summed E-state index contributed by atoms with van der Waals surface area (Å²) in [7, 11) is 0. The molecule has 2 heteroatoms. The summed E-state index contributed by atoms with van der Waals surface area (Å²) in [6.07, 6.45) is 0. The van der Waals surface area contributed by atoms with Crippen LogP contribution in [0.4, 0.5) is 0 Å². The number of rotatable bonds is 1. The first-order valence-electron chi connectivity index (χ1n) is 4.73. The van der Waals surface area contributed by atoms with E-state index >= 15 is 0 Å². The van der Waals surface area contributed by atoms with Crippen LogP contribution in [-0.2, 0) is 65.4 Å². The van der Waals surface area contributed by atoms with Gasteiger partial charge in [-0.05, 0) is 0 Å². The van der Waals surface area contributed by atoms with Gasteiger partial charge in [-0.15, -0.1) is 11.1 Å². The van der Waals surface area contributed by atoms with Crippen molar-refractivity contribution < 1.29 is 65.4 Å². The Labute approximate surface area is 148 Å². The summed E-state index contributed by atoms with van der Waals surface area (Å²) in [5.41, 5.74) is 4.69. The Morgan fingerprint density at radius 2 is 1.06 bits per heavy atom. The van der Waals surface area contributed by atoms with Crippen molar-refractivity contribution in [1.82, 2.24) is 0 Å². The standard InChI is InChI=1S/C14H12.2Y/c1-11-3-7-13(8-4-11)14-9-5-12(2)6-10-14;;/h3-7,9H,1-2H3;;/q-2;;. The fraction of sp³-hybridized carbons (Fsp3) is 0.143. The largest absolute Gasteiger partial charge is 0.226 e. The molecule has 0 bridgehead atoms. The monoisotopic (exact) mass is 358 g/mol. The average molecular weight is 358 g/mol. The summed E-state index contributed by atoms with van der Waals surface area (Å²) in [5.74, 6) is 0. The molecule has 0 amide bonds. The summed E-state index contributed by atoms with van der Waals surface area (Å²) >= 11 is 0. The maximum atomic E-state index is 3.24. The summed E-state index contributed by atoms with van der Waals surface area (Å²) in [4.78, 5) is 0. The zero-order valence-corrected chi connectivity index (χ0v) is 15.3. The van der Waals surface area contributed by atoms with Crippen LogP contribution in [0.3, 0.4) is 0 Å². The average Bonchev–Trinajstić information content (AvgIpc) is 2.21. The van der Waals surface area contributed by atoms with Crippen LogP contribution in [0.5, 0.6) is 0 Å². The maximum absolute atomic E-state index is 3.24. The predicted molar refractivity (Wildman–Crippen MR) is 59.0 cm³/mol. The third-order valence-electron chi connectivity index (χ3n) is 2.23. The van der Waals surface area contributed by atoms with Gasteiger partial charge in [-0.2, -0.15) is 48.5 Å². The van der Waals surface area contributed by atoms with Crippen molar-refractivity contribution in [2.45, 2.75) is 13.8 Å². The van der Waals surface area contributed by atoms with E-state index in [4.69, 9.17) is 0 Å². The third-order valence-corrected chi connectivity index (χ3v) is 2.23. The van der Waals surface area contributed by atoms with Crippen LogP contribution < -0.4 is 0 Å². The Bertz CT molecular complexity index is 372. The van der Waals surface area contributed by atoms with Crippen LogP contribution in [0.15, 0.2) is 36.4 Å². The van der Waals surface area contributed by atoms with Crippen molar-refractivity contribution >= 4 is 0 Å². The Morgan fingerprint density at radius 3 is 1.31 bits per heavy atom. The zero-order chi connectivity index (χ0) is 9.97. The Hall–Kier alpha value is 0.648. The number of aryl methyl sites for hydroxylation is 2. The molecule has 0 saturated heterocycles. The molecule has 76 valence electrons. The molecule has 2 aromatic carbocycles. The van der Waals surface area contributed by atoms with Crippen molar-refractivity contribution in [3.05, 3.63) is 59.7 Å². The van der Waals surface area contributed by atoms with Crippen LogP contribution in [0, 0.1) is 26.0 Å². The minimum absolute atomic E-state index is 0. The van der Waals surface area contributed by atoms with E-state index in [1.54, 1.807) is 0 Å². The molecule has 0 aromatic heterocycles. The molecule has 2 radical (unpaired) electrons. The molecule has 0 heterocycles. The molecular weight excluding hydrogens is 346 g/mol. The van der Waals surface area contributed by atoms with E-state index < -0.39 is 0 Å². The molecule has 2 rings (SSSR count). The molecule has 0 aliphatic rings. The van der Waals surface area contributed by atoms with Crippen molar-refractivity contribution in [2.24, 2.45) is 0 Å². The molecule has 0 N–H and O–H groups in total. The van der Waals surface area contributed by atoms with Crippen LogP contribution in [0.25, 0.3) is 11.1 Å². The maximum Gasteiger partial charge on any atom is 0 e. The van der Waals surface area contributed by atoms with Gasteiger partial charge in [0.05, 0.1) is 0 Å².